The third kappa shape index (κ3) is 6.15. The largest absolute Gasteiger partial charge is 0.399 e. The van der Waals surface area contributed by atoms with Crippen molar-refractivity contribution >= 4 is 41.7 Å². The van der Waals surface area contributed by atoms with Gasteiger partial charge in [-0.15, -0.1) is 24.2 Å². The third-order valence-corrected chi connectivity index (χ3v) is 5.80. The van der Waals surface area contributed by atoms with E-state index in [0.717, 1.165) is 35.4 Å². The minimum absolute atomic E-state index is 0. The van der Waals surface area contributed by atoms with Gasteiger partial charge in [0.25, 0.3) is 5.91 Å². The van der Waals surface area contributed by atoms with Crippen LogP contribution in [0.1, 0.15) is 54.2 Å². The molecule has 2 aromatic rings. The number of nitrogens with two attached hydrogens (primary N) is 1. The summed E-state index contributed by atoms with van der Waals surface area (Å²) in [6.07, 6.45) is 2.92. The molecule has 0 heterocycles. The van der Waals surface area contributed by atoms with Gasteiger partial charge in [-0.3, -0.25) is 9.59 Å². The Morgan fingerprint density at radius 3 is 2.72 bits per heavy atom. The van der Waals surface area contributed by atoms with E-state index in [1.165, 1.54) is 17.3 Å². The van der Waals surface area contributed by atoms with E-state index >= 15 is 0 Å². The van der Waals surface area contributed by atoms with Crippen molar-refractivity contribution in [2.24, 2.45) is 0 Å². The van der Waals surface area contributed by atoms with Crippen LogP contribution in [-0.4, -0.2) is 23.6 Å². The van der Waals surface area contributed by atoms with Crippen LogP contribution in [0.25, 0.3) is 0 Å². The number of anilines is 1. The minimum atomic E-state index is -0.109. The molecule has 7 heteroatoms. The molecule has 156 valence electrons. The predicted octanol–water partition coefficient (Wildman–Crippen LogP) is 4.11. The summed E-state index contributed by atoms with van der Waals surface area (Å²) in [4.78, 5) is 25.7. The zero-order valence-electron chi connectivity index (χ0n) is 16.7. The molecule has 2 amide bonds. The Morgan fingerprint density at radius 1 is 1.21 bits per heavy atom. The Balaban J connectivity index is 0.00000300. The van der Waals surface area contributed by atoms with Crippen molar-refractivity contribution in [1.29, 1.82) is 0 Å². The molecule has 0 aliphatic heterocycles. The van der Waals surface area contributed by atoms with Crippen molar-refractivity contribution in [3.8, 4) is 0 Å². The number of aryl methyl sites for hydroxylation is 1. The molecule has 1 aliphatic carbocycles. The number of rotatable bonds is 6. The number of thioether (sulfide) groups is 1. The van der Waals surface area contributed by atoms with Gasteiger partial charge >= 0.3 is 0 Å². The maximum absolute atomic E-state index is 13.0. The number of nitrogen functional groups attached to an aromatic ring is 1. The van der Waals surface area contributed by atoms with Gasteiger partial charge in [-0.1, -0.05) is 18.2 Å². The predicted molar refractivity (Wildman–Crippen MR) is 122 cm³/mol. The lowest BCUT2D eigenvalue weighted by atomic mass is 9.87. The molecule has 5 nitrogen and oxygen atoms in total. The first-order valence-electron chi connectivity index (χ1n) is 9.64. The fraction of sp³-hybridized carbons (Fsp3) is 0.364. The number of hydrogen-bond acceptors (Lipinski definition) is 4. The average Bonchev–Trinajstić information content (AvgIpc) is 2.66. The Hall–Kier alpha value is -2.18. The number of amides is 2. The van der Waals surface area contributed by atoms with Crippen molar-refractivity contribution < 1.29 is 9.59 Å². The molecule has 1 atom stereocenters. The van der Waals surface area contributed by atoms with Crippen LogP contribution in [0.3, 0.4) is 0 Å². The molecule has 2 aromatic carbocycles. The van der Waals surface area contributed by atoms with E-state index in [1.807, 2.05) is 56.3 Å². The lowest BCUT2D eigenvalue weighted by molar-refractivity contribution is -0.119. The summed E-state index contributed by atoms with van der Waals surface area (Å²) in [5.41, 5.74) is 9.63. The van der Waals surface area contributed by atoms with Crippen molar-refractivity contribution in [2.75, 3.05) is 11.5 Å². The SMILES string of the molecule is CC(C)NC(=O)CSc1ccccc1C(=O)NC1CCCc2cc(N)ccc21.Cl. The molecular formula is C22H28ClN3O2S. The maximum Gasteiger partial charge on any atom is 0.252 e. The average molecular weight is 434 g/mol. The summed E-state index contributed by atoms with van der Waals surface area (Å²) in [5, 5.41) is 6.05. The number of halogens is 1. The van der Waals surface area contributed by atoms with Crippen molar-refractivity contribution in [3.63, 3.8) is 0 Å². The van der Waals surface area contributed by atoms with E-state index in [1.54, 1.807) is 0 Å². The van der Waals surface area contributed by atoms with Gasteiger partial charge in [0.1, 0.15) is 0 Å². The smallest absolute Gasteiger partial charge is 0.252 e. The second-order valence-electron chi connectivity index (χ2n) is 7.38. The monoisotopic (exact) mass is 433 g/mol. The lowest BCUT2D eigenvalue weighted by Gasteiger charge is -2.27. The van der Waals surface area contributed by atoms with Crippen LogP contribution in [0, 0.1) is 0 Å². The Morgan fingerprint density at radius 2 is 1.97 bits per heavy atom. The van der Waals surface area contributed by atoms with Gasteiger partial charge in [-0.2, -0.15) is 0 Å². The summed E-state index contributed by atoms with van der Waals surface area (Å²) in [7, 11) is 0. The standard InChI is InChI=1S/C22H27N3O2S.ClH/c1-14(2)24-21(26)13-28-20-9-4-3-7-18(20)22(27)25-19-8-5-6-15-12-16(23)10-11-17(15)19;/h3-4,7,9-12,14,19H,5-6,8,13,23H2,1-2H3,(H,24,26)(H,25,27);1H. The van der Waals surface area contributed by atoms with Crippen molar-refractivity contribution in [3.05, 3.63) is 59.2 Å². The lowest BCUT2D eigenvalue weighted by Crippen LogP contribution is -2.32. The summed E-state index contributed by atoms with van der Waals surface area (Å²) in [5.74, 6) is 0.143. The highest BCUT2D eigenvalue weighted by molar-refractivity contribution is 8.00. The molecule has 0 saturated heterocycles. The summed E-state index contributed by atoms with van der Waals surface area (Å²) >= 11 is 1.39. The summed E-state index contributed by atoms with van der Waals surface area (Å²) in [6, 6.07) is 13.4. The van der Waals surface area contributed by atoms with E-state index in [-0.39, 0.29) is 42.1 Å². The molecule has 0 aromatic heterocycles. The van der Waals surface area contributed by atoms with Gasteiger partial charge in [0.2, 0.25) is 5.91 Å². The molecule has 1 unspecified atom stereocenters. The molecular weight excluding hydrogens is 406 g/mol. The molecule has 1 aliphatic rings. The molecule has 0 bridgehead atoms. The molecule has 0 radical (unpaired) electrons. The van der Waals surface area contributed by atoms with Gasteiger partial charge in [0.05, 0.1) is 17.4 Å². The van der Waals surface area contributed by atoms with E-state index in [9.17, 15) is 9.59 Å². The highest BCUT2D eigenvalue weighted by atomic mass is 35.5. The van der Waals surface area contributed by atoms with Crippen LogP contribution < -0.4 is 16.4 Å². The van der Waals surface area contributed by atoms with Crippen LogP contribution in [0.2, 0.25) is 0 Å². The second kappa shape index (κ2) is 10.6. The molecule has 3 rings (SSSR count). The van der Waals surface area contributed by atoms with E-state index in [4.69, 9.17) is 5.73 Å². The fourth-order valence-electron chi connectivity index (χ4n) is 3.51. The van der Waals surface area contributed by atoms with Crippen LogP contribution in [0.5, 0.6) is 0 Å². The number of benzene rings is 2. The van der Waals surface area contributed by atoms with Crippen LogP contribution >= 0.6 is 24.2 Å². The van der Waals surface area contributed by atoms with E-state index in [0.29, 0.717) is 5.56 Å². The highest BCUT2D eigenvalue weighted by Gasteiger charge is 2.23. The molecule has 4 N–H and O–H groups in total. The van der Waals surface area contributed by atoms with E-state index in [2.05, 4.69) is 10.6 Å². The Kier molecular flexibility index (Phi) is 8.41. The van der Waals surface area contributed by atoms with Gasteiger partial charge in [0.15, 0.2) is 0 Å². The topological polar surface area (TPSA) is 84.2 Å². The molecule has 0 saturated carbocycles. The first-order chi connectivity index (χ1) is 13.4. The van der Waals surface area contributed by atoms with Crippen molar-refractivity contribution in [2.45, 2.75) is 50.1 Å². The number of hydrogen-bond donors (Lipinski definition) is 3. The number of nitrogens with one attached hydrogen (secondary N) is 2. The van der Waals surface area contributed by atoms with Gasteiger partial charge in [0, 0.05) is 16.6 Å². The first kappa shape index (κ1) is 23.1. The summed E-state index contributed by atoms with van der Waals surface area (Å²) < 4.78 is 0. The van der Waals surface area contributed by atoms with Crippen LogP contribution in [0.4, 0.5) is 5.69 Å². The fourth-order valence-corrected chi connectivity index (χ4v) is 4.37. The number of fused-ring (bicyclic) bond motifs is 1. The normalized spacial score (nSPS) is 15.2. The van der Waals surface area contributed by atoms with Crippen LogP contribution in [0.15, 0.2) is 47.4 Å². The summed E-state index contributed by atoms with van der Waals surface area (Å²) in [6.45, 7) is 3.86. The van der Waals surface area contributed by atoms with Gasteiger partial charge in [-0.25, -0.2) is 0 Å². The quantitative estimate of drug-likeness (QED) is 0.472. The Labute approximate surface area is 182 Å². The highest BCUT2D eigenvalue weighted by Crippen LogP contribution is 2.32. The molecule has 29 heavy (non-hydrogen) atoms. The van der Waals surface area contributed by atoms with Gasteiger partial charge in [-0.05, 0) is 68.5 Å². The first-order valence-corrected chi connectivity index (χ1v) is 10.6. The number of carbonyl (C=O) groups excluding carboxylic acids is 2. The Bertz CT molecular complexity index is 873. The molecule has 0 fully saturated rings. The van der Waals surface area contributed by atoms with Crippen LogP contribution in [-0.2, 0) is 11.2 Å². The maximum atomic E-state index is 13.0. The van der Waals surface area contributed by atoms with E-state index < -0.39 is 0 Å². The zero-order chi connectivity index (χ0) is 20.1. The molecule has 0 spiro atoms. The van der Waals surface area contributed by atoms with Gasteiger partial charge < -0.3 is 16.4 Å². The third-order valence-electron chi connectivity index (χ3n) is 4.73. The second-order valence-corrected chi connectivity index (χ2v) is 8.40. The zero-order valence-corrected chi connectivity index (χ0v) is 18.4. The number of carbonyl (C=O) groups is 2. The minimum Gasteiger partial charge on any atom is -0.399 e. The van der Waals surface area contributed by atoms with Crippen molar-refractivity contribution in [1.82, 2.24) is 10.6 Å².